The lowest BCUT2D eigenvalue weighted by Crippen LogP contribution is -2.33. The lowest BCUT2D eigenvalue weighted by Gasteiger charge is -2.41. The second-order valence-electron chi connectivity index (χ2n) is 20.5. The molecule has 0 aromatic heterocycles. The van der Waals surface area contributed by atoms with Gasteiger partial charge in [-0.15, -0.1) is 0 Å². The zero-order valence-corrected chi connectivity index (χ0v) is 41.8. The molecule has 2 heterocycles. The van der Waals surface area contributed by atoms with E-state index in [9.17, 15) is 0 Å². The molecule has 0 radical (unpaired) electrons. The molecule has 11 aromatic carbocycles. The number of nitrogens with zero attached hydrogens (tertiary/aromatic N) is 1. The van der Waals surface area contributed by atoms with Gasteiger partial charge in [0.1, 0.15) is 11.5 Å². The van der Waals surface area contributed by atoms with Gasteiger partial charge >= 0.3 is 0 Å². The smallest absolute Gasteiger partial charge is 0.132 e. The van der Waals surface area contributed by atoms with Gasteiger partial charge in [0.25, 0.3) is 0 Å². The van der Waals surface area contributed by atoms with Crippen LogP contribution < -0.4 is 9.64 Å². The lowest BCUT2D eigenvalue weighted by atomic mass is 9.65. The van der Waals surface area contributed by atoms with Crippen LogP contribution in [0.25, 0.3) is 49.7 Å². The van der Waals surface area contributed by atoms with Crippen LogP contribution in [0, 0.1) is 0 Å². The molecule has 5 aliphatic rings. The molecule has 11 aromatic rings. The molecule has 2 spiro atoms. The summed E-state index contributed by atoms with van der Waals surface area (Å²) in [5, 5.41) is 2.48. The fourth-order valence-corrected chi connectivity index (χ4v) is 15.2. The Balaban J connectivity index is 0.979. The summed E-state index contributed by atoms with van der Waals surface area (Å²) in [7, 11) is 0. The zero-order chi connectivity index (χ0) is 49.2. The molecular formula is C72H47NOS. The summed E-state index contributed by atoms with van der Waals surface area (Å²) >= 11 is 1.91. The van der Waals surface area contributed by atoms with Crippen molar-refractivity contribution < 1.29 is 4.74 Å². The van der Waals surface area contributed by atoms with Crippen LogP contribution in [0.15, 0.2) is 276 Å². The first kappa shape index (κ1) is 42.6. The number of anilines is 3. The Morgan fingerprint density at radius 3 is 1.61 bits per heavy atom. The van der Waals surface area contributed by atoms with Gasteiger partial charge in [-0.1, -0.05) is 224 Å². The van der Waals surface area contributed by atoms with Gasteiger partial charge in [0, 0.05) is 37.6 Å². The van der Waals surface area contributed by atoms with Crippen LogP contribution in [0.3, 0.4) is 0 Å². The maximum Gasteiger partial charge on any atom is 0.132 e. The quantitative estimate of drug-likeness (QED) is 0.171. The highest BCUT2D eigenvalue weighted by atomic mass is 32.2. The van der Waals surface area contributed by atoms with Gasteiger partial charge in [0.05, 0.1) is 22.2 Å². The third-order valence-corrected chi connectivity index (χ3v) is 18.1. The van der Waals surface area contributed by atoms with E-state index in [2.05, 4.69) is 266 Å². The van der Waals surface area contributed by atoms with Crippen molar-refractivity contribution in [2.75, 3.05) is 4.90 Å². The van der Waals surface area contributed by atoms with E-state index in [1.54, 1.807) is 0 Å². The highest BCUT2D eigenvalue weighted by molar-refractivity contribution is 7.99. The average Bonchev–Trinajstić information content (AvgIpc) is 3.95. The number of hydrogen-bond acceptors (Lipinski definition) is 3. The van der Waals surface area contributed by atoms with Crippen molar-refractivity contribution in [2.24, 2.45) is 0 Å². The second-order valence-corrected chi connectivity index (χ2v) is 21.5. The zero-order valence-electron chi connectivity index (χ0n) is 41.0. The molecule has 0 fully saturated rings. The second kappa shape index (κ2) is 16.3. The summed E-state index contributed by atoms with van der Waals surface area (Å²) < 4.78 is 6.79. The van der Waals surface area contributed by atoms with Crippen molar-refractivity contribution in [1.82, 2.24) is 0 Å². The van der Waals surface area contributed by atoms with E-state index in [0.29, 0.717) is 0 Å². The number of hydrogen-bond donors (Lipinski definition) is 0. The Bertz CT molecular complexity index is 4150. The molecule has 0 bridgehead atoms. The van der Waals surface area contributed by atoms with E-state index in [1.165, 1.54) is 98.5 Å². The topological polar surface area (TPSA) is 12.5 Å². The molecule has 2 aliphatic heterocycles. The largest absolute Gasteiger partial charge is 0.457 e. The Hall–Kier alpha value is -8.89. The van der Waals surface area contributed by atoms with Crippen LogP contribution in [0.2, 0.25) is 0 Å². The predicted octanol–water partition coefficient (Wildman–Crippen LogP) is 19.0. The first-order chi connectivity index (χ1) is 37.2. The number of rotatable bonds is 5. The first-order valence-electron chi connectivity index (χ1n) is 26.2. The fraction of sp³-hybridized carbons (Fsp3) is 0.0556. The molecule has 75 heavy (non-hydrogen) atoms. The molecule has 0 saturated heterocycles. The summed E-state index contributed by atoms with van der Waals surface area (Å²) in [4.78, 5) is 5.26. The molecule has 0 saturated carbocycles. The Labute approximate surface area is 441 Å². The van der Waals surface area contributed by atoms with Crippen molar-refractivity contribution in [3.8, 4) is 44.9 Å². The van der Waals surface area contributed by atoms with E-state index in [0.717, 1.165) is 52.5 Å². The lowest BCUT2D eigenvalue weighted by molar-refractivity contribution is 0.436. The molecule has 3 aliphatic carbocycles. The van der Waals surface area contributed by atoms with Crippen molar-refractivity contribution >= 4 is 45.2 Å². The molecule has 0 atom stereocenters. The summed E-state index contributed by atoms with van der Waals surface area (Å²) in [5.41, 5.74) is 22.7. The normalized spacial score (nSPS) is 15.3. The van der Waals surface area contributed by atoms with E-state index >= 15 is 0 Å². The minimum atomic E-state index is -0.617. The van der Waals surface area contributed by atoms with Gasteiger partial charge in [-0.25, -0.2) is 0 Å². The summed E-state index contributed by atoms with van der Waals surface area (Å²) in [6.07, 6.45) is 6.87. The molecule has 0 N–H and O–H groups in total. The maximum atomic E-state index is 6.79. The number of allylic oxidation sites excluding steroid dienone is 4. The predicted molar refractivity (Wildman–Crippen MR) is 309 cm³/mol. The van der Waals surface area contributed by atoms with Crippen molar-refractivity contribution in [2.45, 2.75) is 33.5 Å². The van der Waals surface area contributed by atoms with Crippen molar-refractivity contribution in [3.63, 3.8) is 0 Å². The van der Waals surface area contributed by atoms with E-state index in [1.807, 2.05) is 11.8 Å². The number of ether oxygens (including phenoxy) is 1. The minimum Gasteiger partial charge on any atom is -0.457 e. The van der Waals surface area contributed by atoms with Crippen molar-refractivity contribution in [3.05, 3.63) is 311 Å². The van der Waals surface area contributed by atoms with Crippen LogP contribution in [0.5, 0.6) is 11.5 Å². The van der Waals surface area contributed by atoms with Gasteiger partial charge in [-0.3, -0.25) is 0 Å². The van der Waals surface area contributed by atoms with Gasteiger partial charge < -0.3 is 9.64 Å². The minimum absolute atomic E-state index is 0.430. The standard InChI is InChI=1S/C72H47NOS/c1-2-18-46(19-3-1)47-36-38-48(39-37-47)49-40-43-51(44-41-49)73(63-31-17-29-60-69(63)52-21-4-6-23-54(52)71(60)56-25-8-12-32-64(56)74-65-33-13-9-26-57(65)71)62-30-16-20-50-42-45-61-70(68(50)62)53-22-5-7-24-55(53)72(61)58-27-10-14-34-66(58)75-67-35-15-11-28-59(67)72/h1-6,8-23,25-45H,7,24H2. The fourth-order valence-electron chi connectivity index (χ4n) is 14.0. The number of benzene rings is 11. The third-order valence-electron chi connectivity index (χ3n) is 16.9. The van der Waals surface area contributed by atoms with E-state index in [4.69, 9.17) is 4.74 Å². The third kappa shape index (κ3) is 5.87. The average molecular weight is 974 g/mol. The van der Waals surface area contributed by atoms with E-state index in [-0.39, 0.29) is 0 Å². The van der Waals surface area contributed by atoms with Crippen molar-refractivity contribution in [1.29, 1.82) is 0 Å². The highest BCUT2D eigenvalue weighted by Gasteiger charge is 2.54. The summed E-state index contributed by atoms with van der Waals surface area (Å²) in [6.45, 7) is 0. The SMILES string of the molecule is C1=CC2=C(CC1)C1(c3ccccc3Sc3ccccc31)c1ccc3cccc(N(c4ccc(-c5ccc(-c6ccccc6)cc5)cc4)c4cccc5c4-c4ccccc4C54c5ccccc5Oc5ccccc54)c3c12. The molecular weight excluding hydrogens is 927 g/mol. The Morgan fingerprint density at radius 2 is 0.920 bits per heavy atom. The molecule has 352 valence electrons. The van der Waals surface area contributed by atoms with Gasteiger partial charge in [0.15, 0.2) is 0 Å². The summed E-state index contributed by atoms with van der Waals surface area (Å²) in [5.74, 6) is 1.78. The Kier molecular flexibility index (Phi) is 9.26. The monoisotopic (exact) mass is 973 g/mol. The molecule has 0 unspecified atom stereocenters. The molecule has 3 heteroatoms. The maximum absolute atomic E-state index is 6.79. The van der Waals surface area contributed by atoms with Crippen LogP contribution >= 0.6 is 11.8 Å². The van der Waals surface area contributed by atoms with Gasteiger partial charge in [-0.2, -0.15) is 0 Å². The highest BCUT2D eigenvalue weighted by Crippen LogP contribution is 2.67. The van der Waals surface area contributed by atoms with Gasteiger partial charge in [0.2, 0.25) is 0 Å². The molecule has 16 rings (SSSR count). The first-order valence-corrected chi connectivity index (χ1v) is 27.0. The van der Waals surface area contributed by atoms with Crippen LogP contribution in [-0.4, -0.2) is 0 Å². The number of fused-ring (bicyclic) bond motifs is 19. The van der Waals surface area contributed by atoms with Crippen LogP contribution in [0.1, 0.15) is 57.3 Å². The van der Waals surface area contributed by atoms with E-state index < -0.39 is 10.8 Å². The number of para-hydroxylation sites is 2. The summed E-state index contributed by atoms with van der Waals surface area (Å²) in [6, 6.07) is 92.7. The van der Waals surface area contributed by atoms with Crippen LogP contribution in [0.4, 0.5) is 17.1 Å². The Morgan fingerprint density at radius 1 is 0.387 bits per heavy atom. The van der Waals surface area contributed by atoms with Gasteiger partial charge in [-0.05, 0) is 139 Å². The molecule has 2 nitrogen and oxygen atoms in total. The van der Waals surface area contributed by atoms with Crippen LogP contribution in [-0.2, 0) is 10.8 Å². The molecule has 0 amide bonds.